The minimum absolute atomic E-state index is 0.0610. The molecule has 6 nitrogen and oxygen atoms in total. The van der Waals surface area contributed by atoms with Crippen molar-refractivity contribution in [1.29, 1.82) is 0 Å². The van der Waals surface area contributed by atoms with Crippen LogP contribution in [-0.4, -0.2) is 36.4 Å². The van der Waals surface area contributed by atoms with Crippen LogP contribution in [0.2, 0.25) is 0 Å². The van der Waals surface area contributed by atoms with Gasteiger partial charge in [-0.2, -0.15) is 16.4 Å². The van der Waals surface area contributed by atoms with Crippen LogP contribution in [0.5, 0.6) is 0 Å². The van der Waals surface area contributed by atoms with Gasteiger partial charge in [0.25, 0.3) is 0 Å². The zero-order valence-corrected chi connectivity index (χ0v) is 17.5. The molecule has 0 aliphatic rings. The summed E-state index contributed by atoms with van der Waals surface area (Å²) in [5.41, 5.74) is 4.29. The number of carbonyl (C=O) groups is 1. The Hall–Kier alpha value is -2.45. The largest absolute Gasteiger partial charge is 0.354 e. The molecule has 0 bridgehead atoms. The van der Waals surface area contributed by atoms with Crippen LogP contribution in [0, 0.1) is 13.8 Å². The molecule has 28 heavy (non-hydrogen) atoms. The number of benzene rings is 1. The summed E-state index contributed by atoms with van der Waals surface area (Å²) in [5, 5.41) is 11.5. The summed E-state index contributed by atoms with van der Waals surface area (Å²) >= 11 is 1.65. The third kappa shape index (κ3) is 4.69. The van der Waals surface area contributed by atoms with E-state index in [-0.39, 0.29) is 23.0 Å². The van der Waals surface area contributed by atoms with E-state index in [0.29, 0.717) is 13.1 Å². The Morgan fingerprint density at radius 1 is 1.18 bits per heavy atom. The highest BCUT2D eigenvalue weighted by molar-refractivity contribution is 7.91. The zero-order chi connectivity index (χ0) is 20.1. The predicted octanol–water partition coefficient (Wildman–Crippen LogP) is 3.21. The Kier molecular flexibility index (Phi) is 6.31. The Morgan fingerprint density at radius 2 is 1.93 bits per heavy atom. The van der Waals surface area contributed by atoms with Gasteiger partial charge < -0.3 is 5.32 Å². The third-order valence-electron chi connectivity index (χ3n) is 4.54. The minimum Gasteiger partial charge on any atom is -0.354 e. The van der Waals surface area contributed by atoms with E-state index >= 15 is 0 Å². The van der Waals surface area contributed by atoms with Crippen LogP contribution in [0.25, 0.3) is 11.1 Å². The first kappa shape index (κ1) is 20.3. The molecule has 0 spiro atoms. The van der Waals surface area contributed by atoms with Gasteiger partial charge in [-0.25, -0.2) is 8.42 Å². The van der Waals surface area contributed by atoms with Crippen molar-refractivity contribution in [3.63, 3.8) is 0 Å². The number of hydrogen-bond donors (Lipinski definition) is 1. The number of nitrogens with zero attached hydrogens (tertiary/aromatic N) is 2. The molecular formula is C20H23N3O3S2. The lowest BCUT2D eigenvalue weighted by atomic mass is 10.1. The van der Waals surface area contributed by atoms with Crippen molar-refractivity contribution in [2.45, 2.75) is 31.7 Å². The smallest absolute Gasteiger partial charge is 0.221 e. The van der Waals surface area contributed by atoms with Crippen molar-refractivity contribution < 1.29 is 13.2 Å². The molecule has 0 saturated carbocycles. The summed E-state index contributed by atoms with van der Waals surface area (Å²) in [6, 6.07) is 10.3. The Balaban J connectivity index is 1.52. The fourth-order valence-electron chi connectivity index (χ4n) is 3.10. The number of rotatable bonds is 8. The second kappa shape index (κ2) is 8.70. The average molecular weight is 418 g/mol. The molecule has 0 aliphatic carbocycles. The minimum atomic E-state index is -3.44. The van der Waals surface area contributed by atoms with E-state index in [1.54, 1.807) is 41.7 Å². The molecule has 1 aromatic carbocycles. The van der Waals surface area contributed by atoms with Crippen molar-refractivity contribution in [2.75, 3.05) is 12.3 Å². The first-order valence-corrected chi connectivity index (χ1v) is 11.6. The van der Waals surface area contributed by atoms with E-state index in [9.17, 15) is 13.2 Å². The molecule has 8 heteroatoms. The molecule has 0 atom stereocenters. The van der Waals surface area contributed by atoms with Crippen molar-refractivity contribution in [2.24, 2.45) is 0 Å². The SMILES string of the molecule is Cc1nn(CCNC(=O)CCS(=O)(=O)c2ccccc2)c(C)c1-c1ccsc1. The summed E-state index contributed by atoms with van der Waals surface area (Å²) in [7, 11) is -3.44. The maximum Gasteiger partial charge on any atom is 0.221 e. The Labute approximate surface area is 169 Å². The maximum atomic E-state index is 12.2. The van der Waals surface area contributed by atoms with Crippen molar-refractivity contribution in [3.05, 3.63) is 58.5 Å². The molecule has 0 radical (unpaired) electrons. The van der Waals surface area contributed by atoms with E-state index in [1.165, 1.54) is 0 Å². The van der Waals surface area contributed by atoms with Gasteiger partial charge in [0, 0.05) is 24.2 Å². The lowest BCUT2D eigenvalue weighted by Crippen LogP contribution is -2.29. The number of aromatic nitrogens is 2. The molecule has 1 N–H and O–H groups in total. The van der Waals surface area contributed by atoms with Gasteiger partial charge in [-0.3, -0.25) is 9.48 Å². The number of amides is 1. The van der Waals surface area contributed by atoms with Crippen LogP contribution in [0.1, 0.15) is 17.8 Å². The van der Waals surface area contributed by atoms with E-state index in [1.807, 2.05) is 23.9 Å². The standard InChI is InChI=1S/C20H23N3O3S2/c1-15-20(17-8-12-27-14-17)16(2)23(22-15)11-10-21-19(24)9-13-28(25,26)18-6-4-3-5-7-18/h3-8,12,14H,9-11,13H2,1-2H3,(H,21,24). The highest BCUT2D eigenvalue weighted by Gasteiger charge is 2.16. The maximum absolute atomic E-state index is 12.2. The summed E-state index contributed by atoms with van der Waals surface area (Å²) < 4.78 is 26.4. The summed E-state index contributed by atoms with van der Waals surface area (Å²) in [6.45, 7) is 4.92. The number of thiophene rings is 1. The van der Waals surface area contributed by atoms with Gasteiger partial charge in [-0.05, 0) is 48.4 Å². The quantitative estimate of drug-likeness (QED) is 0.610. The first-order chi connectivity index (χ1) is 13.4. The number of sulfone groups is 1. The average Bonchev–Trinajstić information content (AvgIpc) is 3.29. The van der Waals surface area contributed by atoms with Gasteiger partial charge in [0.05, 0.1) is 22.9 Å². The lowest BCUT2D eigenvalue weighted by Gasteiger charge is -2.08. The van der Waals surface area contributed by atoms with Crippen LogP contribution in [0.4, 0.5) is 0 Å². The van der Waals surface area contributed by atoms with Gasteiger partial charge >= 0.3 is 0 Å². The molecule has 2 heterocycles. The fourth-order valence-corrected chi connectivity index (χ4v) is 5.01. The Bertz CT molecular complexity index is 1040. The normalized spacial score (nSPS) is 11.5. The van der Waals surface area contributed by atoms with Crippen LogP contribution < -0.4 is 5.32 Å². The van der Waals surface area contributed by atoms with Gasteiger partial charge in [0.15, 0.2) is 9.84 Å². The number of carbonyl (C=O) groups excluding carboxylic acids is 1. The van der Waals surface area contributed by atoms with Gasteiger partial charge in [0.2, 0.25) is 5.91 Å². The molecule has 0 saturated heterocycles. The highest BCUT2D eigenvalue weighted by Crippen LogP contribution is 2.28. The van der Waals surface area contributed by atoms with E-state index in [4.69, 9.17) is 0 Å². The van der Waals surface area contributed by atoms with Crippen molar-refractivity contribution >= 4 is 27.1 Å². The van der Waals surface area contributed by atoms with Crippen molar-refractivity contribution in [1.82, 2.24) is 15.1 Å². The first-order valence-electron chi connectivity index (χ1n) is 8.99. The summed E-state index contributed by atoms with van der Waals surface area (Å²) in [6.07, 6.45) is -0.0610. The van der Waals surface area contributed by atoms with E-state index in [2.05, 4.69) is 21.9 Å². The Morgan fingerprint density at radius 3 is 2.61 bits per heavy atom. The molecule has 3 rings (SSSR count). The van der Waals surface area contributed by atoms with Crippen LogP contribution in [-0.2, 0) is 21.2 Å². The monoisotopic (exact) mass is 417 g/mol. The van der Waals surface area contributed by atoms with Crippen LogP contribution >= 0.6 is 11.3 Å². The third-order valence-corrected chi connectivity index (χ3v) is 6.95. The fraction of sp³-hybridized carbons (Fsp3) is 0.300. The summed E-state index contributed by atoms with van der Waals surface area (Å²) in [4.78, 5) is 12.3. The highest BCUT2D eigenvalue weighted by atomic mass is 32.2. The number of nitrogens with one attached hydrogen (secondary N) is 1. The molecule has 0 unspecified atom stereocenters. The van der Waals surface area contributed by atoms with Gasteiger partial charge in [-0.1, -0.05) is 18.2 Å². The molecule has 0 fully saturated rings. The second-order valence-electron chi connectivity index (χ2n) is 6.51. The molecule has 148 valence electrons. The molecule has 1 amide bonds. The number of aryl methyl sites for hydroxylation is 1. The molecule has 3 aromatic rings. The lowest BCUT2D eigenvalue weighted by molar-refractivity contribution is -0.120. The van der Waals surface area contributed by atoms with E-state index in [0.717, 1.165) is 22.5 Å². The zero-order valence-electron chi connectivity index (χ0n) is 15.9. The summed E-state index contributed by atoms with van der Waals surface area (Å²) in [5.74, 6) is -0.482. The molecule has 0 aliphatic heterocycles. The topological polar surface area (TPSA) is 81.1 Å². The van der Waals surface area contributed by atoms with Gasteiger partial charge in [0.1, 0.15) is 0 Å². The number of hydrogen-bond acceptors (Lipinski definition) is 5. The molecular weight excluding hydrogens is 394 g/mol. The van der Waals surface area contributed by atoms with E-state index < -0.39 is 9.84 Å². The van der Waals surface area contributed by atoms with Crippen LogP contribution in [0.3, 0.4) is 0 Å². The van der Waals surface area contributed by atoms with Gasteiger partial charge in [-0.15, -0.1) is 0 Å². The second-order valence-corrected chi connectivity index (χ2v) is 9.40. The molecule has 2 aromatic heterocycles. The van der Waals surface area contributed by atoms with Crippen molar-refractivity contribution in [3.8, 4) is 11.1 Å². The predicted molar refractivity (Wildman–Crippen MR) is 111 cm³/mol. The van der Waals surface area contributed by atoms with Crippen LogP contribution in [0.15, 0.2) is 52.1 Å².